The minimum atomic E-state index is -0.919. The van der Waals surface area contributed by atoms with Crippen LogP contribution in [0.2, 0.25) is 0 Å². The summed E-state index contributed by atoms with van der Waals surface area (Å²) in [6.45, 7) is 4.61. The summed E-state index contributed by atoms with van der Waals surface area (Å²) in [6, 6.07) is 0. The van der Waals surface area contributed by atoms with E-state index >= 15 is 0 Å². The van der Waals surface area contributed by atoms with Gasteiger partial charge in [-0.1, -0.05) is 19.0 Å². The predicted molar refractivity (Wildman–Crippen MR) is 64.4 cm³/mol. The molecule has 1 aromatic rings. The van der Waals surface area contributed by atoms with Crippen LogP contribution < -0.4 is 0 Å². The van der Waals surface area contributed by atoms with Crippen LogP contribution in [0.4, 0.5) is 0 Å². The molecule has 0 radical (unpaired) electrons. The Morgan fingerprint density at radius 1 is 1.58 bits per heavy atom. The number of carboxylic acid groups (broad SMARTS) is 1. The van der Waals surface area contributed by atoms with Crippen molar-refractivity contribution in [3.8, 4) is 0 Å². The van der Waals surface area contributed by atoms with Crippen molar-refractivity contribution in [1.82, 2.24) is 15.0 Å². The minimum Gasteiger partial charge on any atom is -0.481 e. The fourth-order valence-electron chi connectivity index (χ4n) is 1.99. The maximum absolute atomic E-state index is 11.6. The highest BCUT2D eigenvalue weighted by molar-refractivity contribution is 5.86. The molecule has 0 saturated carbocycles. The molecule has 1 atom stereocenters. The van der Waals surface area contributed by atoms with E-state index in [4.69, 9.17) is 9.63 Å². The van der Waals surface area contributed by atoms with Gasteiger partial charge in [0.15, 0.2) is 5.82 Å². The fraction of sp³-hybridized carbons (Fsp3) is 0.667. The van der Waals surface area contributed by atoms with Crippen LogP contribution in [0, 0.1) is 5.92 Å². The Labute approximate surface area is 110 Å². The van der Waals surface area contributed by atoms with Gasteiger partial charge in [-0.25, -0.2) is 0 Å². The Morgan fingerprint density at radius 2 is 2.32 bits per heavy atom. The number of aliphatic carboxylic acids is 1. The van der Waals surface area contributed by atoms with Gasteiger partial charge in [-0.15, -0.1) is 0 Å². The summed E-state index contributed by atoms with van der Waals surface area (Å²) in [5, 5.41) is 12.7. The van der Waals surface area contributed by atoms with Crippen LogP contribution in [-0.2, 0) is 16.0 Å². The number of carbonyl (C=O) groups is 2. The Morgan fingerprint density at radius 3 is 2.84 bits per heavy atom. The van der Waals surface area contributed by atoms with E-state index in [1.165, 1.54) is 0 Å². The molecule has 7 heteroatoms. The highest BCUT2D eigenvalue weighted by Gasteiger charge is 2.33. The SMILES string of the molecule is CC(C)c1nc(CCN2C[C@H](C(=O)O)CC2=O)no1. The highest BCUT2D eigenvalue weighted by atomic mass is 16.5. The third kappa shape index (κ3) is 3.10. The van der Waals surface area contributed by atoms with Crippen molar-refractivity contribution >= 4 is 11.9 Å². The molecule has 1 N–H and O–H groups in total. The Kier molecular flexibility index (Phi) is 3.82. The second-order valence-corrected chi connectivity index (χ2v) is 5.03. The topological polar surface area (TPSA) is 96.5 Å². The Balaban J connectivity index is 1.88. The lowest BCUT2D eigenvalue weighted by Crippen LogP contribution is -2.28. The van der Waals surface area contributed by atoms with Gasteiger partial charge in [-0.05, 0) is 0 Å². The first-order chi connectivity index (χ1) is 8.97. The van der Waals surface area contributed by atoms with E-state index in [-0.39, 0.29) is 24.8 Å². The van der Waals surface area contributed by atoms with Crippen molar-refractivity contribution in [3.05, 3.63) is 11.7 Å². The number of amides is 1. The van der Waals surface area contributed by atoms with E-state index in [0.29, 0.717) is 24.7 Å². The monoisotopic (exact) mass is 267 g/mol. The molecule has 1 amide bonds. The predicted octanol–water partition coefficient (Wildman–Crippen LogP) is 0.669. The number of rotatable bonds is 5. The molecule has 1 aliphatic heterocycles. The van der Waals surface area contributed by atoms with Crippen LogP contribution in [0.15, 0.2) is 4.52 Å². The summed E-state index contributed by atoms with van der Waals surface area (Å²) in [6.07, 6.45) is 0.563. The van der Waals surface area contributed by atoms with Gasteiger partial charge in [0, 0.05) is 31.8 Å². The summed E-state index contributed by atoms with van der Waals surface area (Å²) in [5.74, 6) is -0.339. The molecule has 2 heterocycles. The first kappa shape index (κ1) is 13.5. The van der Waals surface area contributed by atoms with Gasteiger partial charge in [0.2, 0.25) is 11.8 Å². The lowest BCUT2D eigenvalue weighted by molar-refractivity contribution is -0.141. The molecule has 0 unspecified atom stereocenters. The van der Waals surface area contributed by atoms with Gasteiger partial charge in [-0.2, -0.15) is 4.98 Å². The van der Waals surface area contributed by atoms with E-state index in [1.807, 2.05) is 13.8 Å². The molecule has 2 rings (SSSR count). The molecule has 1 saturated heterocycles. The van der Waals surface area contributed by atoms with Crippen molar-refractivity contribution in [3.63, 3.8) is 0 Å². The first-order valence-electron chi connectivity index (χ1n) is 6.30. The van der Waals surface area contributed by atoms with Crippen molar-refractivity contribution < 1.29 is 19.2 Å². The van der Waals surface area contributed by atoms with Crippen LogP contribution in [-0.4, -0.2) is 45.1 Å². The lowest BCUT2D eigenvalue weighted by atomic mass is 10.1. The number of aromatic nitrogens is 2. The normalized spacial score (nSPS) is 19.4. The molecular weight excluding hydrogens is 250 g/mol. The van der Waals surface area contributed by atoms with Crippen LogP contribution in [0.5, 0.6) is 0 Å². The van der Waals surface area contributed by atoms with E-state index in [0.717, 1.165) is 0 Å². The van der Waals surface area contributed by atoms with Gasteiger partial charge in [0.05, 0.1) is 5.92 Å². The zero-order valence-electron chi connectivity index (χ0n) is 11.0. The molecule has 0 bridgehead atoms. The van der Waals surface area contributed by atoms with E-state index in [2.05, 4.69) is 10.1 Å². The molecule has 1 aromatic heterocycles. The van der Waals surface area contributed by atoms with Gasteiger partial charge in [0.1, 0.15) is 0 Å². The molecule has 7 nitrogen and oxygen atoms in total. The Hall–Kier alpha value is -1.92. The zero-order chi connectivity index (χ0) is 14.0. The summed E-state index contributed by atoms with van der Waals surface area (Å²) in [4.78, 5) is 28.2. The standard InChI is InChI=1S/C12H17N3O4/c1-7(2)11-13-9(14-19-11)3-4-15-6-8(12(17)18)5-10(15)16/h7-8H,3-6H2,1-2H3,(H,17,18)/t8-/m1/s1. The maximum Gasteiger partial charge on any atom is 0.308 e. The second kappa shape index (κ2) is 5.38. The number of likely N-dealkylation sites (tertiary alicyclic amines) is 1. The number of carbonyl (C=O) groups excluding carboxylic acids is 1. The average Bonchev–Trinajstić information content (AvgIpc) is 2.93. The number of nitrogens with zero attached hydrogens (tertiary/aromatic N) is 3. The molecule has 19 heavy (non-hydrogen) atoms. The molecule has 1 fully saturated rings. The summed E-state index contributed by atoms with van der Waals surface area (Å²) < 4.78 is 5.07. The molecule has 0 spiro atoms. The van der Waals surface area contributed by atoms with Gasteiger partial charge in [0.25, 0.3) is 0 Å². The van der Waals surface area contributed by atoms with Crippen molar-refractivity contribution in [1.29, 1.82) is 0 Å². The van der Waals surface area contributed by atoms with Crippen LogP contribution in [0.3, 0.4) is 0 Å². The van der Waals surface area contributed by atoms with Gasteiger partial charge < -0.3 is 14.5 Å². The van der Waals surface area contributed by atoms with Crippen molar-refractivity contribution in [2.75, 3.05) is 13.1 Å². The fourth-order valence-corrected chi connectivity index (χ4v) is 1.99. The average molecular weight is 267 g/mol. The van der Waals surface area contributed by atoms with Crippen LogP contribution in [0.25, 0.3) is 0 Å². The third-order valence-corrected chi connectivity index (χ3v) is 3.15. The molecule has 1 aliphatic rings. The van der Waals surface area contributed by atoms with Gasteiger partial charge in [-0.3, -0.25) is 9.59 Å². The summed E-state index contributed by atoms with van der Waals surface area (Å²) in [5.41, 5.74) is 0. The quantitative estimate of drug-likeness (QED) is 0.842. The van der Waals surface area contributed by atoms with E-state index < -0.39 is 11.9 Å². The van der Waals surface area contributed by atoms with E-state index in [9.17, 15) is 9.59 Å². The smallest absolute Gasteiger partial charge is 0.308 e. The van der Waals surface area contributed by atoms with E-state index in [1.54, 1.807) is 4.90 Å². The van der Waals surface area contributed by atoms with Crippen molar-refractivity contribution in [2.24, 2.45) is 5.92 Å². The first-order valence-corrected chi connectivity index (χ1v) is 6.30. The number of hydrogen-bond acceptors (Lipinski definition) is 5. The lowest BCUT2D eigenvalue weighted by Gasteiger charge is -2.14. The Bertz CT molecular complexity index is 483. The number of hydrogen-bond donors (Lipinski definition) is 1. The highest BCUT2D eigenvalue weighted by Crippen LogP contribution is 2.18. The largest absolute Gasteiger partial charge is 0.481 e. The van der Waals surface area contributed by atoms with Gasteiger partial charge >= 0.3 is 5.97 Å². The third-order valence-electron chi connectivity index (χ3n) is 3.15. The van der Waals surface area contributed by atoms with Crippen LogP contribution >= 0.6 is 0 Å². The number of carboxylic acids is 1. The second-order valence-electron chi connectivity index (χ2n) is 5.03. The maximum atomic E-state index is 11.6. The molecule has 0 aromatic carbocycles. The van der Waals surface area contributed by atoms with Crippen LogP contribution in [0.1, 0.15) is 37.9 Å². The van der Waals surface area contributed by atoms with Crippen molar-refractivity contribution in [2.45, 2.75) is 32.6 Å². The molecular formula is C12H17N3O4. The molecule has 0 aliphatic carbocycles. The zero-order valence-corrected chi connectivity index (χ0v) is 11.0. The molecule has 104 valence electrons. The summed E-state index contributed by atoms with van der Waals surface area (Å²) >= 11 is 0. The minimum absolute atomic E-state index is 0.0822. The summed E-state index contributed by atoms with van der Waals surface area (Å²) in [7, 11) is 0.